The SMILES string of the molecule is O=C(CCC1CCCCC1)N1CCN(C(=O)C2CCN(c3ccc4nncn4n3)CC2)CC1. The van der Waals surface area contributed by atoms with Crippen molar-refractivity contribution in [1.82, 2.24) is 29.6 Å². The summed E-state index contributed by atoms with van der Waals surface area (Å²) in [5.41, 5.74) is 0.732. The van der Waals surface area contributed by atoms with Gasteiger partial charge in [0.2, 0.25) is 11.8 Å². The van der Waals surface area contributed by atoms with E-state index in [2.05, 4.69) is 20.2 Å². The first-order valence-electron chi connectivity index (χ1n) is 12.7. The lowest BCUT2D eigenvalue weighted by Gasteiger charge is -2.39. The summed E-state index contributed by atoms with van der Waals surface area (Å²) in [4.78, 5) is 32.0. The molecule has 0 atom stereocenters. The Balaban J connectivity index is 1.06. The van der Waals surface area contributed by atoms with Gasteiger partial charge in [-0.3, -0.25) is 9.59 Å². The van der Waals surface area contributed by atoms with Crippen LogP contribution in [-0.4, -0.2) is 80.7 Å². The fourth-order valence-corrected chi connectivity index (χ4v) is 5.64. The molecular weight excluding hydrogens is 418 g/mol. The Labute approximate surface area is 195 Å². The van der Waals surface area contributed by atoms with E-state index in [4.69, 9.17) is 0 Å². The maximum Gasteiger partial charge on any atom is 0.225 e. The van der Waals surface area contributed by atoms with E-state index in [1.807, 2.05) is 21.9 Å². The molecule has 0 N–H and O–H groups in total. The molecule has 2 aromatic heterocycles. The van der Waals surface area contributed by atoms with Crippen LogP contribution >= 0.6 is 0 Å². The summed E-state index contributed by atoms with van der Waals surface area (Å²) in [5, 5.41) is 12.4. The highest BCUT2D eigenvalue weighted by atomic mass is 16.2. The minimum absolute atomic E-state index is 0.0634. The topological polar surface area (TPSA) is 86.9 Å². The maximum absolute atomic E-state index is 13.1. The molecule has 9 nitrogen and oxygen atoms in total. The maximum atomic E-state index is 13.1. The Morgan fingerprint density at radius 1 is 0.879 bits per heavy atom. The molecule has 1 aliphatic carbocycles. The van der Waals surface area contributed by atoms with Crippen LogP contribution < -0.4 is 4.90 Å². The van der Waals surface area contributed by atoms with Gasteiger partial charge in [0.25, 0.3) is 0 Å². The van der Waals surface area contributed by atoms with Crippen LogP contribution in [0.2, 0.25) is 0 Å². The zero-order valence-electron chi connectivity index (χ0n) is 19.4. The molecule has 0 spiro atoms. The lowest BCUT2D eigenvalue weighted by molar-refractivity contribution is -0.142. The molecule has 3 fully saturated rings. The molecule has 1 saturated carbocycles. The molecule has 33 heavy (non-hydrogen) atoms. The van der Waals surface area contributed by atoms with Gasteiger partial charge in [0, 0.05) is 51.6 Å². The van der Waals surface area contributed by atoms with Crippen LogP contribution in [0.25, 0.3) is 5.65 Å². The Bertz CT molecular complexity index is 955. The van der Waals surface area contributed by atoms with E-state index >= 15 is 0 Å². The Morgan fingerprint density at radius 2 is 1.61 bits per heavy atom. The van der Waals surface area contributed by atoms with Crippen LogP contribution in [0.4, 0.5) is 5.82 Å². The first-order chi connectivity index (χ1) is 16.2. The standard InChI is InChI=1S/C24H35N7O2/c32-23(9-6-19-4-2-1-3-5-19)29-14-16-30(17-15-29)24(33)20-10-12-28(13-11-20)22-8-7-21-26-25-18-31(21)27-22/h7-8,18-20H,1-6,9-17H2. The van der Waals surface area contributed by atoms with E-state index < -0.39 is 0 Å². The van der Waals surface area contributed by atoms with Gasteiger partial charge in [-0.15, -0.1) is 15.3 Å². The summed E-state index contributed by atoms with van der Waals surface area (Å²) in [6.07, 6.45) is 11.6. The van der Waals surface area contributed by atoms with E-state index in [-0.39, 0.29) is 17.7 Å². The first-order valence-corrected chi connectivity index (χ1v) is 12.7. The molecule has 0 unspecified atom stereocenters. The van der Waals surface area contributed by atoms with Gasteiger partial charge >= 0.3 is 0 Å². The van der Waals surface area contributed by atoms with E-state index in [1.165, 1.54) is 32.1 Å². The second-order valence-electron chi connectivity index (χ2n) is 9.84. The Morgan fingerprint density at radius 3 is 2.36 bits per heavy atom. The number of nitrogens with zero attached hydrogens (tertiary/aromatic N) is 7. The number of hydrogen-bond donors (Lipinski definition) is 0. The molecule has 9 heteroatoms. The van der Waals surface area contributed by atoms with Crippen molar-refractivity contribution in [3.8, 4) is 0 Å². The number of fused-ring (bicyclic) bond motifs is 1. The Kier molecular flexibility index (Phi) is 6.73. The predicted octanol–water partition coefficient (Wildman–Crippen LogP) is 2.37. The molecule has 0 bridgehead atoms. The van der Waals surface area contributed by atoms with E-state index in [1.54, 1.807) is 10.8 Å². The number of piperazine rings is 1. The zero-order valence-corrected chi connectivity index (χ0v) is 19.4. The number of rotatable bonds is 5. The summed E-state index contributed by atoms with van der Waals surface area (Å²) >= 11 is 0. The molecule has 2 aliphatic heterocycles. The molecule has 5 rings (SSSR count). The van der Waals surface area contributed by atoms with Crippen molar-refractivity contribution in [2.45, 2.75) is 57.8 Å². The van der Waals surface area contributed by atoms with Crippen molar-refractivity contribution in [2.75, 3.05) is 44.2 Å². The van der Waals surface area contributed by atoms with Gasteiger partial charge in [0.05, 0.1) is 0 Å². The fourth-order valence-electron chi connectivity index (χ4n) is 5.64. The number of carbonyl (C=O) groups is 2. The van der Waals surface area contributed by atoms with Gasteiger partial charge in [-0.25, -0.2) is 0 Å². The molecule has 3 aliphatic rings. The smallest absolute Gasteiger partial charge is 0.225 e. The normalized spacial score (nSPS) is 21.0. The van der Waals surface area contributed by atoms with Gasteiger partial charge in [-0.1, -0.05) is 32.1 Å². The molecule has 2 amide bonds. The van der Waals surface area contributed by atoms with Gasteiger partial charge in [0.1, 0.15) is 12.1 Å². The van der Waals surface area contributed by atoms with E-state index in [9.17, 15) is 9.59 Å². The van der Waals surface area contributed by atoms with Crippen molar-refractivity contribution in [3.63, 3.8) is 0 Å². The van der Waals surface area contributed by atoms with Crippen LogP contribution in [-0.2, 0) is 9.59 Å². The highest BCUT2D eigenvalue weighted by Gasteiger charge is 2.32. The zero-order chi connectivity index (χ0) is 22.6. The first kappa shape index (κ1) is 22.1. The fraction of sp³-hybridized carbons (Fsp3) is 0.708. The van der Waals surface area contributed by atoms with Crippen molar-refractivity contribution < 1.29 is 9.59 Å². The van der Waals surface area contributed by atoms with Crippen molar-refractivity contribution >= 4 is 23.3 Å². The largest absolute Gasteiger partial charge is 0.355 e. The monoisotopic (exact) mass is 453 g/mol. The average molecular weight is 454 g/mol. The number of aromatic nitrogens is 4. The molecule has 0 aromatic carbocycles. The third-order valence-corrected chi connectivity index (χ3v) is 7.75. The molecule has 2 aromatic rings. The van der Waals surface area contributed by atoms with Crippen molar-refractivity contribution in [3.05, 3.63) is 18.5 Å². The van der Waals surface area contributed by atoms with Gasteiger partial charge in [-0.2, -0.15) is 4.52 Å². The van der Waals surface area contributed by atoms with Gasteiger partial charge in [0.15, 0.2) is 5.65 Å². The summed E-state index contributed by atoms with van der Waals surface area (Å²) in [5.74, 6) is 2.23. The summed E-state index contributed by atoms with van der Waals surface area (Å²) in [6.45, 7) is 4.32. The van der Waals surface area contributed by atoms with Crippen molar-refractivity contribution in [1.29, 1.82) is 0 Å². The second kappa shape index (κ2) is 10.1. The van der Waals surface area contributed by atoms with Gasteiger partial charge in [-0.05, 0) is 37.3 Å². The van der Waals surface area contributed by atoms with Gasteiger partial charge < -0.3 is 14.7 Å². The lowest BCUT2D eigenvalue weighted by Crippen LogP contribution is -2.53. The molecular formula is C24H35N7O2. The minimum Gasteiger partial charge on any atom is -0.355 e. The van der Waals surface area contributed by atoms with Crippen LogP contribution in [0.3, 0.4) is 0 Å². The summed E-state index contributed by atoms with van der Waals surface area (Å²) < 4.78 is 1.68. The lowest BCUT2D eigenvalue weighted by atomic mass is 9.86. The Hall–Kier alpha value is -2.71. The third kappa shape index (κ3) is 5.12. The van der Waals surface area contributed by atoms with Crippen LogP contribution in [0.5, 0.6) is 0 Å². The van der Waals surface area contributed by atoms with Crippen molar-refractivity contribution in [2.24, 2.45) is 11.8 Å². The summed E-state index contributed by atoms with van der Waals surface area (Å²) in [6, 6.07) is 3.89. The second-order valence-corrected chi connectivity index (χ2v) is 9.84. The number of anilines is 1. The highest BCUT2D eigenvalue weighted by molar-refractivity contribution is 5.80. The summed E-state index contributed by atoms with van der Waals surface area (Å²) in [7, 11) is 0. The molecule has 4 heterocycles. The van der Waals surface area contributed by atoms with Crippen LogP contribution in [0.1, 0.15) is 57.8 Å². The minimum atomic E-state index is 0.0634. The van der Waals surface area contributed by atoms with E-state index in [0.717, 1.165) is 49.7 Å². The number of amides is 2. The number of carbonyl (C=O) groups excluding carboxylic acids is 2. The molecule has 178 valence electrons. The third-order valence-electron chi connectivity index (χ3n) is 7.75. The quantitative estimate of drug-likeness (QED) is 0.691. The van der Waals surface area contributed by atoms with Crippen LogP contribution in [0.15, 0.2) is 18.5 Å². The molecule has 2 saturated heterocycles. The predicted molar refractivity (Wildman–Crippen MR) is 125 cm³/mol. The molecule has 0 radical (unpaired) electrons. The number of hydrogen-bond acceptors (Lipinski definition) is 6. The van der Waals surface area contributed by atoms with E-state index in [0.29, 0.717) is 32.6 Å². The number of piperidine rings is 1. The highest BCUT2D eigenvalue weighted by Crippen LogP contribution is 2.28. The average Bonchev–Trinajstić information content (AvgIpc) is 3.36. The van der Waals surface area contributed by atoms with Crippen LogP contribution in [0, 0.1) is 11.8 Å².